The van der Waals surface area contributed by atoms with Gasteiger partial charge < -0.3 is 5.11 Å². The molecule has 1 aliphatic heterocycles. The Bertz CT molecular complexity index is 1040. The highest BCUT2D eigenvalue weighted by Crippen LogP contribution is 2.27. The highest BCUT2D eigenvalue weighted by atomic mass is 16.3. The Morgan fingerprint density at radius 1 is 1.28 bits per heavy atom. The first-order valence-electron chi connectivity index (χ1n) is 10.3. The van der Waals surface area contributed by atoms with Crippen LogP contribution >= 0.6 is 0 Å². The monoisotopic (exact) mass is 390 g/mol. The van der Waals surface area contributed by atoms with Gasteiger partial charge in [-0.1, -0.05) is 19.8 Å². The minimum atomic E-state index is -0.715. The maximum atomic E-state index is 11.1. The van der Waals surface area contributed by atoms with Crippen LogP contribution < -0.4 is 0 Å². The number of hydrogen-bond donors (Lipinski definition) is 1. The molecule has 0 aromatic carbocycles. The first-order chi connectivity index (χ1) is 14.1. The van der Waals surface area contributed by atoms with E-state index in [1.165, 1.54) is 12.8 Å². The molecule has 2 unspecified atom stereocenters. The topological polar surface area (TPSA) is 90.3 Å². The zero-order valence-corrected chi connectivity index (χ0v) is 16.9. The molecule has 0 bridgehead atoms. The Kier molecular flexibility index (Phi) is 5.56. The van der Waals surface area contributed by atoms with Crippen molar-refractivity contribution in [3.8, 4) is 17.3 Å². The van der Waals surface area contributed by atoms with Crippen LogP contribution in [0.25, 0.3) is 16.9 Å². The smallest absolute Gasteiger partial charge is 0.156 e. The fourth-order valence-corrected chi connectivity index (χ4v) is 4.03. The summed E-state index contributed by atoms with van der Waals surface area (Å²) in [5.41, 5.74) is 4.34. The Morgan fingerprint density at radius 2 is 2.14 bits per heavy atom. The summed E-state index contributed by atoms with van der Waals surface area (Å²) in [6.07, 6.45) is 6.34. The van der Waals surface area contributed by atoms with Gasteiger partial charge >= 0.3 is 0 Å². The van der Waals surface area contributed by atoms with Crippen molar-refractivity contribution >= 4 is 5.65 Å². The summed E-state index contributed by atoms with van der Waals surface area (Å²) in [6.45, 7) is 5.14. The zero-order chi connectivity index (χ0) is 20.4. The number of rotatable bonds is 4. The fraction of sp³-hybridized carbons (Fsp3) is 0.455. The predicted molar refractivity (Wildman–Crippen MR) is 110 cm³/mol. The van der Waals surface area contributed by atoms with Crippen molar-refractivity contribution in [2.75, 3.05) is 6.54 Å². The number of hydrogen-bond acceptors (Lipinski definition) is 6. The summed E-state index contributed by atoms with van der Waals surface area (Å²) in [5, 5.41) is 24.7. The van der Waals surface area contributed by atoms with Crippen LogP contribution in [-0.4, -0.2) is 42.2 Å². The van der Waals surface area contributed by atoms with Gasteiger partial charge in [0.1, 0.15) is 11.8 Å². The third-order valence-electron chi connectivity index (χ3n) is 5.74. The maximum Gasteiger partial charge on any atom is 0.156 e. The lowest BCUT2D eigenvalue weighted by molar-refractivity contribution is -0.0242. The molecule has 7 heteroatoms. The van der Waals surface area contributed by atoms with E-state index in [2.05, 4.69) is 28.8 Å². The van der Waals surface area contributed by atoms with Crippen LogP contribution in [0, 0.1) is 11.3 Å². The first kappa shape index (κ1) is 19.5. The van der Waals surface area contributed by atoms with Crippen molar-refractivity contribution in [1.82, 2.24) is 24.5 Å². The highest BCUT2D eigenvalue weighted by Gasteiger charge is 2.26. The summed E-state index contributed by atoms with van der Waals surface area (Å²) in [4.78, 5) is 11.0. The third kappa shape index (κ3) is 3.86. The molecular formula is C22H26N6O. The summed E-state index contributed by atoms with van der Waals surface area (Å²) in [7, 11) is 0. The number of nitrogens with zero attached hydrogens (tertiary/aromatic N) is 6. The van der Waals surface area contributed by atoms with Crippen LogP contribution in [0.2, 0.25) is 0 Å². The maximum absolute atomic E-state index is 11.1. The second-order valence-corrected chi connectivity index (χ2v) is 7.68. The number of likely N-dealkylation sites (tertiary alicyclic amines) is 1. The van der Waals surface area contributed by atoms with Gasteiger partial charge in [0.25, 0.3) is 0 Å². The quantitative estimate of drug-likeness (QED) is 0.733. The van der Waals surface area contributed by atoms with E-state index in [0.29, 0.717) is 23.1 Å². The zero-order valence-electron chi connectivity index (χ0n) is 16.9. The van der Waals surface area contributed by atoms with E-state index in [9.17, 15) is 5.11 Å². The Balaban J connectivity index is 1.72. The average molecular weight is 390 g/mol. The number of pyridine rings is 1. The van der Waals surface area contributed by atoms with Gasteiger partial charge in [-0.25, -0.2) is 14.5 Å². The van der Waals surface area contributed by atoms with Gasteiger partial charge in [0.05, 0.1) is 11.4 Å². The van der Waals surface area contributed by atoms with Crippen molar-refractivity contribution < 1.29 is 5.11 Å². The third-order valence-corrected chi connectivity index (χ3v) is 5.74. The van der Waals surface area contributed by atoms with Gasteiger partial charge in [0, 0.05) is 36.1 Å². The van der Waals surface area contributed by atoms with Crippen molar-refractivity contribution in [1.29, 1.82) is 5.26 Å². The molecule has 1 fully saturated rings. The number of aromatic nitrogens is 4. The van der Waals surface area contributed by atoms with Crippen molar-refractivity contribution in [2.45, 2.75) is 58.2 Å². The van der Waals surface area contributed by atoms with Crippen molar-refractivity contribution in [3.63, 3.8) is 0 Å². The molecular weight excluding hydrogens is 364 g/mol. The number of fused-ring (bicyclic) bond motifs is 1. The van der Waals surface area contributed by atoms with E-state index in [1.54, 1.807) is 12.3 Å². The molecule has 1 aliphatic rings. The van der Waals surface area contributed by atoms with Gasteiger partial charge in [-0.3, -0.25) is 4.90 Å². The summed E-state index contributed by atoms with van der Waals surface area (Å²) in [5.74, 6) is 0. The van der Waals surface area contributed by atoms with Crippen molar-refractivity contribution in [3.05, 3.63) is 47.5 Å². The van der Waals surface area contributed by atoms with E-state index in [4.69, 9.17) is 10.2 Å². The molecule has 0 saturated carbocycles. The van der Waals surface area contributed by atoms with E-state index in [1.807, 2.05) is 28.8 Å². The molecule has 1 saturated heterocycles. The standard InChI is InChI=1S/C22H26N6O/c1-3-18-11-20(22(29)27-10-6-4-5-7-15(27)2)25-21-12-19(26-28(18)21)16-8-9-17(13-23)24-14-16/h8-9,11-12,14-15,22,29H,3-7,10H2,1-2H3. The molecule has 4 heterocycles. The van der Waals surface area contributed by atoms with Crippen LogP contribution in [0.3, 0.4) is 0 Å². The Morgan fingerprint density at radius 3 is 2.86 bits per heavy atom. The van der Waals surface area contributed by atoms with Gasteiger partial charge in [-0.05, 0) is 44.4 Å². The lowest BCUT2D eigenvalue weighted by Crippen LogP contribution is -2.36. The van der Waals surface area contributed by atoms with Gasteiger partial charge in [0.2, 0.25) is 0 Å². The lowest BCUT2D eigenvalue weighted by atomic mass is 10.1. The van der Waals surface area contributed by atoms with E-state index < -0.39 is 6.23 Å². The van der Waals surface area contributed by atoms with Crippen LogP contribution in [0.5, 0.6) is 0 Å². The average Bonchev–Trinajstić information content (AvgIpc) is 3.07. The first-order valence-corrected chi connectivity index (χ1v) is 10.3. The molecule has 29 heavy (non-hydrogen) atoms. The Labute approximate surface area is 170 Å². The molecule has 0 aliphatic carbocycles. The minimum Gasteiger partial charge on any atom is -0.372 e. The van der Waals surface area contributed by atoms with Gasteiger partial charge in [-0.15, -0.1) is 0 Å². The van der Waals surface area contributed by atoms with Gasteiger partial charge in [0.15, 0.2) is 11.9 Å². The molecule has 3 aromatic heterocycles. The normalized spacial score (nSPS) is 19.0. The molecule has 4 rings (SSSR count). The largest absolute Gasteiger partial charge is 0.372 e. The minimum absolute atomic E-state index is 0.334. The summed E-state index contributed by atoms with van der Waals surface area (Å²) < 4.78 is 1.83. The SMILES string of the molecule is CCc1cc(C(O)N2CCCCCC2C)nc2cc(-c3ccc(C#N)nc3)nn12. The molecule has 2 atom stereocenters. The lowest BCUT2D eigenvalue weighted by Gasteiger charge is -2.31. The van der Waals surface area contributed by atoms with Gasteiger partial charge in [-0.2, -0.15) is 10.4 Å². The molecule has 150 valence electrons. The molecule has 1 N–H and O–H groups in total. The number of aliphatic hydroxyl groups is 1. The van der Waals surface area contributed by atoms with Crippen LogP contribution in [0.4, 0.5) is 0 Å². The highest BCUT2D eigenvalue weighted by molar-refractivity contribution is 5.63. The Hall–Kier alpha value is -2.82. The molecule has 0 amide bonds. The van der Waals surface area contributed by atoms with E-state index >= 15 is 0 Å². The summed E-state index contributed by atoms with van der Waals surface area (Å²) in [6, 6.07) is 9.76. The predicted octanol–water partition coefficient (Wildman–Crippen LogP) is 3.48. The van der Waals surface area contributed by atoms with Crippen LogP contribution in [-0.2, 0) is 6.42 Å². The number of nitriles is 1. The second-order valence-electron chi connectivity index (χ2n) is 7.68. The van der Waals surface area contributed by atoms with Crippen molar-refractivity contribution in [2.24, 2.45) is 0 Å². The van der Waals surface area contributed by atoms with Crippen LogP contribution in [0.15, 0.2) is 30.5 Å². The number of aryl methyl sites for hydroxylation is 1. The summed E-state index contributed by atoms with van der Waals surface area (Å²) >= 11 is 0. The molecule has 0 spiro atoms. The van der Waals surface area contributed by atoms with Crippen LogP contribution in [0.1, 0.15) is 62.8 Å². The second kappa shape index (κ2) is 8.27. The van der Waals surface area contributed by atoms with E-state index in [-0.39, 0.29) is 0 Å². The molecule has 7 nitrogen and oxygen atoms in total. The molecule has 0 radical (unpaired) electrons. The fourth-order valence-electron chi connectivity index (χ4n) is 4.03. The van der Waals surface area contributed by atoms with E-state index in [0.717, 1.165) is 42.8 Å². The molecule has 3 aromatic rings. The number of aliphatic hydroxyl groups excluding tert-OH is 1.